The molecule has 0 spiro atoms. The minimum Gasteiger partial charge on any atom is -0.492 e. The molecule has 8 heteroatoms. The van der Waals surface area contributed by atoms with Crippen LogP contribution >= 0.6 is 0 Å². The van der Waals surface area contributed by atoms with E-state index in [4.69, 9.17) is 9.84 Å². The van der Waals surface area contributed by atoms with Crippen molar-refractivity contribution in [1.29, 1.82) is 0 Å². The van der Waals surface area contributed by atoms with Crippen LogP contribution in [0.5, 0.6) is 5.75 Å². The average Bonchev–Trinajstić information content (AvgIpc) is 2.32. The first kappa shape index (κ1) is 15.2. The first-order valence-electron chi connectivity index (χ1n) is 5.34. The van der Waals surface area contributed by atoms with Gasteiger partial charge in [0.1, 0.15) is 12.4 Å². The topological polar surface area (TPSA) is 68.7 Å². The fourth-order valence-electron chi connectivity index (χ4n) is 1.15. The highest BCUT2D eigenvalue weighted by molar-refractivity contribution is 5.87. The molecule has 0 aliphatic carbocycles. The molecular weight excluding hydrogens is 267 g/mol. The number of alkyl halides is 3. The van der Waals surface area contributed by atoms with Crippen LogP contribution in [0.4, 0.5) is 13.2 Å². The highest BCUT2D eigenvalue weighted by Crippen LogP contribution is 2.14. The number of pyridine rings is 1. The summed E-state index contributed by atoms with van der Waals surface area (Å²) in [5, 5.41) is 8.70. The fourth-order valence-corrected chi connectivity index (χ4v) is 1.15. The van der Waals surface area contributed by atoms with Gasteiger partial charge in [0.15, 0.2) is 0 Å². The summed E-state index contributed by atoms with van der Waals surface area (Å²) in [6.07, 6.45) is -1.58. The van der Waals surface area contributed by atoms with Gasteiger partial charge < -0.3 is 14.6 Å². The first-order valence-corrected chi connectivity index (χ1v) is 5.34. The van der Waals surface area contributed by atoms with Crippen LogP contribution in [0.15, 0.2) is 18.5 Å². The summed E-state index contributed by atoms with van der Waals surface area (Å²) >= 11 is 0. The van der Waals surface area contributed by atoms with Crippen LogP contribution in [0.25, 0.3) is 0 Å². The molecule has 0 atom stereocenters. The Labute approximate surface area is 107 Å². The van der Waals surface area contributed by atoms with E-state index in [1.165, 1.54) is 18.5 Å². The smallest absolute Gasteiger partial charge is 0.411 e. The maximum Gasteiger partial charge on any atom is 0.411 e. The van der Waals surface area contributed by atoms with Gasteiger partial charge in [0.2, 0.25) is 0 Å². The Balaban J connectivity index is 2.23. The van der Waals surface area contributed by atoms with Crippen molar-refractivity contribution in [3.8, 4) is 5.75 Å². The Morgan fingerprint density at radius 1 is 1.32 bits per heavy atom. The van der Waals surface area contributed by atoms with Crippen molar-refractivity contribution in [3.05, 3.63) is 24.0 Å². The summed E-state index contributed by atoms with van der Waals surface area (Å²) in [7, 11) is 0. The van der Waals surface area contributed by atoms with Gasteiger partial charge >= 0.3 is 12.1 Å². The summed E-state index contributed by atoms with van der Waals surface area (Å²) in [6.45, 7) is -1.27. The van der Waals surface area contributed by atoms with Gasteiger partial charge in [-0.2, -0.15) is 13.2 Å². The molecule has 0 unspecified atom stereocenters. The molecule has 0 bridgehead atoms. The second kappa shape index (κ2) is 6.93. The molecule has 1 heterocycles. The summed E-state index contributed by atoms with van der Waals surface area (Å²) in [4.78, 5) is 14.3. The quantitative estimate of drug-likeness (QED) is 0.774. The zero-order chi connectivity index (χ0) is 14.3. The van der Waals surface area contributed by atoms with Crippen LogP contribution < -0.4 is 4.74 Å². The van der Waals surface area contributed by atoms with Crippen LogP contribution in [0, 0.1) is 0 Å². The van der Waals surface area contributed by atoms with E-state index in [1.807, 2.05) is 0 Å². The monoisotopic (exact) mass is 279 g/mol. The molecule has 1 aromatic heterocycles. The minimum absolute atomic E-state index is 0.0224. The van der Waals surface area contributed by atoms with Gasteiger partial charge in [0.05, 0.1) is 25.0 Å². The molecule has 0 radical (unpaired) electrons. The van der Waals surface area contributed by atoms with Gasteiger partial charge in [-0.05, 0) is 6.07 Å². The van der Waals surface area contributed by atoms with Crippen molar-refractivity contribution in [2.24, 2.45) is 0 Å². The molecule has 1 aromatic rings. The maximum atomic E-state index is 11.7. The lowest BCUT2D eigenvalue weighted by atomic mass is 10.3. The number of hydrogen-bond donors (Lipinski definition) is 1. The van der Waals surface area contributed by atoms with Crippen molar-refractivity contribution in [2.75, 3.05) is 19.8 Å². The Bertz CT molecular complexity index is 423. The second-order valence-electron chi connectivity index (χ2n) is 3.58. The van der Waals surface area contributed by atoms with Crippen LogP contribution in [0.3, 0.4) is 0 Å². The second-order valence-corrected chi connectivity index (χ2v) is 3.58. The van der Waals surface area contributed by atoms with E-state index < -0.39 is 18.8 Å². The highest BCUT2D eigenvalue weighted by Gasteiger charge is 2.27. The normalized spacial score (nSPS) is 11.3. The van der Waals surface area contributed by atoms with Crippen LogP contribution in [0.1, 0.15) is 16.8 Å². The minimum atomic E-state index is -4.33. The molecular formula is C11H12F3NO4. The summed E-state index contributed by atoms with van der Waals surface area (Å²) in [5.74, 6) is -0.887. The molecule has 0 aromatic carbocycles. The van der Waals surface area contributed by atoms with E-state index in [9.17, 15) is 18.0 Å². The van der Waals surface area contributed by atoms with E-state index in [-0.39, 0.29) is 30.9 Å². The Kier molecular flexibility index (Phi) is 5.56. The third-order valence-corrected chi connectivity index (χ3v) is 1.93. The Hall–Kier alpha value is -1.83. The Morgan fingerprint density at radius 3 is 2.68 bits per heavy atom. The number of nitrogens with zero attached hydrogens (tertiary/aromatic N) is 1. The predicted molar refractivity (Wildman–Crippen MR) is 58.2 cm³/mol. The lowest BCUT2D eigenvalue weighted by molar-refractivity contribution is -0.174. The fraction of sp³-hybridized carbons (Fsp3) is 0.455. The summed E-state index contributed by atoms with van der Waals surface area (Å²) in [5.41, 5.74) is -0.0224. The number of ether oxygens (including phenoxy) is 2. The average molecular weight is 279 g/mol. The van der Waals surface area contributed by atoms with Gasteiger partial charge in [-0.15, -0.1) is 0 Å². The van der Waals surface area contributed by atoms with E-state index in [0.717, 1.165) is 0 Å². The van der Waals surface area contributed by atoms with Crippen molar-refractivity contribution < 1.29 is 32.5 Å². The first-order chi connectivity index (χ1) is 8.88. The maximum absolute atomic E-state index is 11.7. The standard InChI is InChI=1S/C11H12F3NO4/c12-11(13,14)7-18-2-1-3-19-9-4-8(10(16)17)5-15-6-9/h4-6H,1-3,7H2,(H,16,17). The molecule has 0 aliphatic heterocycles. The lowest BCUT2D eigenvalue weighted by Gasteiger charge is -2.08. The third-order valence-electron chi connectivity index (χ3n) is 1.93. The van der Waals surface area contributed by atoms with Crippen LogP contribution in [0.2, 0.25) is 0 Å². The number of carbonyl (C=O) groups is 1. The van der Waals surface area contributed by atoms with Gasteiger partial charge in [0.25, 0.3) is 0 Å². The number of halogens is 3. The molecule has 0 fully saturated rings. The van der Waals surface area contributed by atoms with Crippen LogP contribution in [-0.2, 0) is 4.74 Å². The van der Waals surface area contributed by atoms with Crippen molar-refractivity contribution in [1.82, 2.24) is 4.98 Å². The Morgan fingerprint density at radius 2 is 2.05 bits per heavy atom. The summed E-state index contributed by atoms with van der Waals surface area (Å²) in [6, 6.07) is 1.28. The van der Waals surface area contributed by atoms with Crippen LogP contribution in [-0.4, -0.2) is 42.1 Å². The van der Waals surface area contributed by atoms with Gasteiger partial charge in [-0.25, -0.2) is 4.79 Å². The van der Waals surface area contributed by atoms with Gasteiger partial charge in [-0.3, -0.25) is 4.98 Å². The summed E-state index contributed by atoms with van der Waals surface area (Å²) < 4.78 is 44.7. The largest absolute Gasteiger partial charge is 0.492 e. The molecule has 19 heavy (non-hydrogen) atoms. The molecule has 0 saturated carbocycles. The van der Waals surface area contributed by atoms with Gasteiger partial charge in [0, 0.05) is 12.6 Å². The SMILES string of the molecule is O=C(O)c1cncc(OCCCOCC(F)(F)F)c1. The molecule has 0 saturated heterocycles. The molecule has 0 aliphatic rings. The third kappa shape index (κ3) is 6.61. The molecule has 5 nitrogen and oxygen atoms in total. The zero-order valence-electron chi connectivity index (χ0n) is 9.81. The van der Waals surface area contributed by atoms with E-state index in [0.29, 0.717) is 0 Å². The lowest BCUT2D eigenvalue weighted by Crippen LogP contribution is -2.18. The van der Waals surface area contributed by atoms with Crippen molar-refractivity contribution in [3.63, 3.8) is 0 Å². The number of aromatic nitrogens is 1. The van der Waals surface area contributed by atoms with E-state index in [1.54, 1.807) is 0 Å². The number of rotatable bonds is 7. The molecule has 0 amide bonds. The van der Waals surface area contributed by atoms with Crippen molar-refractivity contribution >= 4 is 5.97 Å². The molecule has 106 valence electrons. The van der Waals surface area contributed by atoms with Crippen molar-refractivity contribution in [2.45, 2.75) is 12.6 Å². The number of hydrogen-bond acceptors (Lipinski definition) is 4. The number of aromatic carboxylic acids is 1. The van der Waals surface area contributed by atoms with E-state index >= 15 is 0 Å². The number of carboxylic acids is 1. The van der Waals surface area contributed by atoms with Gasteiger partial charge in [-0.1, -0.05) is 0 Å². The zero-order valence-corrected chi connectivity index (χ0v) is 9.81. The predicted octanol–water partition coefficient (Wildman–Crippen LogP) is 2.13. The van der Waals surface area contributed by atoms with E-state index in [2.05, 4.69) is 9.72 Å². The highest BCUT2D eigenvalue weighted by atomic mass is 19.4. The number of carboxylic acid groups (broad SMARTS) is 1. The molecule has 1 N–H and O–H groups in total. The molecule has 1 rings (SSSR count).